The molecule has 0 saturated carbocycles. The predicted molar refractivity (Wildman–Crippen MR) is 62.4 cm³/mol. The molecule has 1 aromatic carbocycles. The van der Waals surface area contributed by atoms with E-state index in [0.717, 1.165) is 4.90 Å². The molecule has 1 atom stereocenters. The van der Waals surface area contributed by atoms with Crippen molar-refractivity contribution >= 4 is 58.2 Å². The van der Waals surface area contributed by atoms with Crippen LogP contribution in [0.1, 0.15) is 0 Å². The standard InChI is InChI=1S/C8H6Cl4S/c9-5-1-3-6(4-2-5)13-8(12)7(10)11/h1-4,7-8H/t8-/m0/s1. The zero-order chi connectivity index (χ0) is 9.84. The highest BCUT2D eigenvalue weighted by Gasteiger charge is 2.14. The van der Waals surface area contributed by atoms with E-state index < -0.39 is 4.84 Å². The van der Waals surface area contributed by atoms with Crippen LogP contribution < -0.4 is 0 Å². The first kappa shape index (κ1) is 11.8. The summed E-state index contributed by atoms with van der Waals surface area (Å²) >= 11 is 24.2. The Morgan fingerprint density at radius 2 is 1.54 bits per heavy atom. The van der Waals surface area contributed by atoms with Crippen molar-refractivity contribution in [1.82, 2.24) is 0 Å². The lowest BCUT2D eigenvalue weighted by atomic mass is 10.4. The first-order chi connectivity index (χ1) is 6.09. The molecule has 0 fully saturated rings. The van der Waals surface area contributed by atoms with Crippen LogP contribution in [-0.2, 0) is 0 Å². The Bertz CT molecular complexity index is 259. The fourth-order valence-corrected chi connectivity index (χ4v) is 2.09. The van der Waals surface area contributed by atoms with Gasteiger partial charge in [-0.25, -0.2) is 0 Å². The Labute approximate surface area is 101 Å². The molecule has 0 unspecified atom stereocenters. The minimum absolute atomic E-state index is 0.343. The zero-order valence-corrected chi connectivity index (χ0v) is 10.2. The predicted octanol–water partition coefficient (Wildman–Crippen LogP) is 4.80. The Morgan fingerprint density at radius 1 is 1.00 bits per heavy atom. The number of rotatable bonds is 3. The summed E-state index contributed by atoms with van der Waals surface area (Å²) in [6.45, 7) is 0. The summed E-state index contributed by atoms with van der Waals surface area (Å²) in [6.07, 6.45) is 0. The van der Waals surface area contributed by atoms with E-state index >= 15 is 0 Å². The molecule has 0 amide bonds. The molecule has 0 spiro atoms. The lowest BCUT2D eigenvalue weighted by molar-refractivity contribution is 1.29. The maximum atomic E-state index is 5.86. The average molecular weight is 276 g/mol. The van der Waals surface area contributed by atoms with Crippen molar-refractivity contribution in [3.8, 4) is 0 Å². The fourth-order valence-electron chi connectivity index (χ4n) is 0.695. The van der Waals surface area contributed by atoms with Gasteiger partial charge in [0.1, 0.15) is 9.55 Å². The molecule has 0 bridgehead atoms. The monoisotopic (exact) mass is 274 g/mol. The van der Waals surface area contributed by atoms with E-state index in [0.29, 0.717) is 5.02 Å². The fraction of sp³-hybridized carbons (Fsp3) is 0.250. The minimum atomic E-state index is -0.581. The van der Waals surface area contributed by atoms with Gasteiger partial charge < -0.3 is 0 Å². The molecule has 1 aromatic rings. The van der Waals surface area contributed by atoms with Crippen molar-refractivity contribution in [2.45, 2.75) is 14.4 Å². The molecule has 0 aromatic heterocycles. The topological polar surface area (TPSA) is 0 Å². The maximum absolute atomic E-state index is 5.86. The Hall–Kier alpha value is 0.730. The summed E-state index contributed by atoms with van der Waals surface area (Å²) in [7, 11) is 0. The number of thioether (sulfide) groups is 1. The van der Waals surface area contributed by atoms with Gasteiger partial charge in [0.15, 0.2) is 0 Å². The van der Waals surface area contributed by atoms with Gasteiger partial charge in [-0.15, -0.1) is 46.6 Å². The smallest absolute Gasteiger partial charge is 0.108 e. The molecule has 0 aliphatic carbocycles. The molecular formula is C8H6Cl4S. The van der Waals surface area contributed by atoms with Gasteiger partial charge in [0, 0.05) is 9.92 Å². The zero-order valence-electron chi connectivity index (χ0n) is 6.38. The number of hydrogen-bond donors (Lipinski definition) is 0. The van der Waals surface area contributed by atoms with Crippen molar-refractivity contribution in [3.05, 3.63) is 29.3 Å². The minimum Gasteiger partial charge on any atom is -0.108 e. The Balaban J connectivity index is 2.59. The molecular weight excluding hydrogens is 270 g/mol. The lowest BCUT2D eigenvalue weighted by Crippen LogP contribution is -2.02. The molecule has 72 valence electrons. The maximum Gasteiger partial charge on any atom is 0.133 e. The Morgan fingerprint density at radius 3 is 2.00 bits per heavy atom. The van der Waals surface area contributed by atoms with Crippen LogP contribution in [0.4, 0.5) is 0 Å². The third-order valence-corrected chi connectivity index (χ3v) is 4.13. The van der Waals surface area contributed by atoms with E-state index in [9.17, 15) is 0 Å². The molecule has 0 N–H and O–H groups in total. The molecule has 13 heavy (non-hydrogen) atoms. The van der Waals surface area contributed by atoms with Gasteiger partial charge in [0.2, 0.25) is 0 Å². The van der Waals surface area contributed by atoms with Crippen LogP contribution in [0.25, 0.3) is 0 Å². The molecule has 5 heteroatoms. The number of alkyl halides is 3. The van der Waals surface area contributed by atoms with Crippen LogP contribution in [-0.4, -0.2) is 9.55 Å². The second kappa shape index (κ2) is 5.57. The third-order valence-electron chi connectivity index (χ3n) is 1.26. The van der Waals surface area contributed by atoms with E-state index in [1.807, 2.05) is 12.1 Å². The number of benzene rings is 1. The summed E-state index contributed by atoms with van der Waals surface area (Å²) in [5.41, 5.74) is 0. The van der Waals surface area contributed by atoms with E-state index in [4.69, 9.17) is 46.4 Å². The van der Waals surface area contributed by atoms with E-state index in [2.05, 4.69) is 0 Å². The Kier molecular flexibility index (Phi) is 5.06. The number of halogens is 4. The molecule has 0 aliphatic rings. The van der Waals surface area contributed by atoms with Gasteiger partial charge in [0.25, 0.3) is 0 Å². The average Bonchev–Trinajstić information content (AvgIpc) is 2.08. The van der Waals surface area contributed by atoms with Gasteiger partial charge in [-0.2, -0.15) is 0 Å². The van der Waals surface area contributed by atoms with Crippen LogP contribution in [0.15, 0.2) is 29.2 Å². The lowest BCUT2D eigenvalue weighted by Gasteiger charge is -2.08. The second-order valence-corrected chi connectivity index (χ2v) is 5.80. The van der Waals surface area contributed by atoms with Gasteiger partial charge in [-0.3, -0.25) is 0 Å². The van der Waals surface area contributed by atoms with E-state index in [1.54, 1.807) is 12.1 Å². The first-order valence-corrected chi connectivity index (χ1v) is 6.01. The van der Waals surface area contributed by atoms with Crippen LogP contribution in [0.2, 0.25) is 5.02 Å². The van der Waals surface area contributed by atoms with Crippen LogP contribution in [0, 0.1) is 0 Å². The SMILES string of the molecule is Clc1ccc(S[C@H](Cl)C(Cl)Cl)cc1. The van der Waals surface area contributed by atoms with Crippen LogP contribution in [0.3, 0.4) is 0 Å². The molecule has 1 rings (SSSR count). The first-order valence-electron chi connectivity index (χ1n) is 3.44. The van der Waals surface area contributed by atoms with Gasteiger partial charge >= 0.3 is 0 Å². The molecule has 0 aliphatic heterocycles. The summed E-state index contributed by atoms with van der Waals surface area (Å²) in [4.78, 5) is 0.415. The van der Waals surface area contributed by atoms with Crippen molar-refractivity contribution in [1.29, 1.82) is 0 Å². The van der Waals surface area contributed by atoms with Crippen molar-refractivity contribution in [3.63, 3.8) is 0 Å². The van der Waals surface area contributed by atoms with Crippen LogP contribution in [0.5, 0.6) is 0 Å². The quantitative estimate of drug-likeness (QED) is 0.564. The highest BCUT2D eigenvalue weighted by molar-refractivity contribution is 8.01. The van der Waals surface area contributed by atoms with Gasteiger partial charge in [-0.1, -0.05) is 11.6 Å². The normalized spacial score (nSPS) is 13.3. The van der Waals surface area contributed by atoms with Crippen LogP contribution >= 0.6 is 58.2 Å². The highest BCUT2D eigenvalue weighted by atomic mass is 35.5. The summed E-state index contributed by atoms with van der Waals surface area (Å²) in [5, 5.41) is 0.698. The number of hydrogen-bond acceptors (Lipinski definition) is 1. The van der Waals surface area contributed by atoms with Crippen molar-refractivity contribution in [2.24, 2.45) is 0 Å². The van der Waals surface area contributed by atoms with Crippen molar-refractivity contribution < 1.29 is 0 Å². The third kappa shape index (κ3) is 4.18. The summed E-state index contributed by atoms with van der Waals surface area (Å²) in [5.74, 6) is 0. The van der Waals surface area contributed by atoms with Crippen molar-refractivity contribution in [2.75, 3.05) is 0 Å². The molecule has 0 heterocycles. The van der Waals surface area contributed by atoms with E-state index in [1.165, 1.54) is 11.8 Å². The highest BCUT2D eigenvalue weighted by Crippen LogP contribution is 2.32. The van der Waals surface area contributed by atoms with Gasteiger partial charge in [-0.05, 0) is 24.3 Å². The van der Waals surface area contributed by atoms with Gasteiger partial charge in [0.05, 0.1) is 0 Å². The molecule has 0 saturated heterocycles. The molecule has 0 nitrogen and oxygen atoms in total. The van der Waals surface area contributed by atoms with E-state index in [-0.39, 0.29) is 4.71 Å². The summed E-state index contributed by atoms with van der Waals surface area (Å²) in [6, 6.07) is 7.34. The molecule has 0 radical (unpaired) electrons. The second-order valence-electron chi connectivity index (χ2n) is 2.26. The summed E-state index contributed by atoms with van der Waals surface area (Å²) < 4.78 is -0.343. The largest absolute Gasteiger partial charge is 0.133 e.